The number of ether oxygens (including phenoxy) is 1. The number of piperidine rings is 1. The number of hydrogen-bond donors (Lipinski definition) is 2. The van der Waals surface area contributed by atoms with Gasteiger partial charge in [-0.05, 0) is 30.7 Å². The van der Waals surface area contributed by atoms with Crippen molar-refractivity contribution in [2.75, 3.05) is 31.1 Å². The molecule has 0 spiro atoms. The molecule has 0 aliphatic carbocycles. The van der Waals surface area contributed by atoms with Gasteiger partial charge < -0.3 is 15.4 Å². The average Bonchev–Trinajstić information content (AvgIpc) is 2.99. The van der Waals surface area contributed by atoms with Crippen LogP contribution in [0, 0.1) is 5.92 Å². The zero-order chi connectivity index (χ0) is 17.2. The Labute approximate surface area is 138 Å². The van der Waals surface area contributed by atoms with Gasteiger partial charge in [0.1, 0.15) is 12.5 Å². The second kappa shape index (κ2) is 6.72. The number of benzene rings is 1. The van der Waals surface area contributed by atoms with Crippen LogP contribution in [0.2, 0.25) is 0 Å². The smallest absolute Gasteiger partial charge is 0.414 e. The fourth-order valence-corrected chi connectivity index (χ4v) is 2.89. The van der Waals surface area contributed by atoms with Crippen molar-refractivity contribution in [1.82, 2.24) is 10.6 Å². The van der Waals surface area contributed by atoms with E-state index >= 15 is 0 Å². The number of alkyl halides is 2. The Balaban J connectivity index is 1.56. The predicted octanol–water partition coefficient (Wildman–Crippen LogP) is 1.50. The van der Waals surface area contributed by atoms with E-state index in [4.69, 9.17) is 4.74 Å². The first kappa shape index (κ1) is 16.6. The first-order valence-corrected chi connectivity index (χ1v) is 7.87. The molecular weight excluding hydrogens is 320 g/mol. The monoisotopic (exact) mass is 339 g/mol. The highest BCUT2D eigenvalue weighted by molar-refractivity contribution is 5.89. The minimum atomic E-state index is -3.03. The lowest BCUT2D eigenvalue weighted by Gasteiger charge is -2.30. The number of cyclic esters (lactones) is 1. The molecule has 2 fully saturated rings. The molecule has 1 atom stereocenters. The number of amides is 2. The lowest BCUT2D eigenvalue weighted by atomic mass is 9.93. The topological polar surface area (TPSA) is 70.7 Å². The highest BCUT2D eigenvalue weighted by Gasteiger charge is 2.45. The Morgan fingerprint density at radius 1 is 1.38 bits per heavy atom. The van der Waals surface area contributed by atoms with Crippen LogP contribution < -0.4 is 15.5 Å². The lowest BCUT2D eigenvalue weighted by molar-refractivity contribution is -0.142. The number of nitrogens with one attached hydrogen (secondary N) is 2. The van der Waals surface area contributed by atoms with Crippen LogP contribution in [-0.2, 0) is 16.1 Å². The zero-order valence-corrected chi connectivity index (χ0v) is 13.1. The van der Waals surface area contributed by atoms with Gasteiger partial charge in [-0.1, -0.05) is 12.1 Å². The molecule has 2 aliphatic rings. The Morgan fingerprint density at radius 2 is 2.12 bits per heavy atom. The van der Waals surface area contributed by atoms with Crippen LogP contribution in [0.3, 0.4) is 0 Å². The quantitative estimate of drug-likeness (QED) is 0.872. The van der Waals surface area contributed by atoms with Crippen molar-refractivity contribution >= 4 is 17.7 Å². The van der Waals surface area contributed by atoms with Gasteiger partial charge in [-0.2, -0.15) is 0 Å². The van der Waals surface area contributed by atoms with Gasteiger partial charge in [0.15, 0.2) is 0 Å². The van der Waals surface area contributed by atoms with Gasteiger partial charge in [0.05, 0.1) is 13.1 Å². The van der Waals surface area contributed by atoms with E-state index in [2.05, 4.69) is 10.6 Å². The largest absolute Gasteiger partial charge is 0.447 e. The van der Waals surface area contributed by atoms with E-state index in [1.54, 1.807) is 24.3 Å². The Bertz CT molecular complexity index is 621. The summed E-state index contributed by atoms with van der Waals surface area (Å²) in [5, 5.41) is 5.17. The molecule has 1 aromatic carbocycles. The van der Waals surface area contributed by atoms with Crippen molar-refractivity contribution < 1.29 is 23.1 Å². The van der Waals surface area contributed by atoms with Crippen LogP contribution in [0.25, 0.3) is 0 Å². The summed E-state index contributed by atoms with van der Waals surface area (Å²) < 4.78 is 32.3. The highest BCUT2D eigenvalue weighted by atomic mass is 19.3. The molecule has 24 heavy (non-hydrogen) atoms. The van der Waals surface area contributed by atoms with Gasteiger partial charge in [-0.3, -0.25) is 9.69 Å². The first-order chi connectivity index (χ1) is 11.5. The number of carbonyl (C=O) groups excluding carboxylic acids is 2. The van der Waals surface area contributed by atoms with E-state index < -0.39 is 24.3 Å². The van der Waals surface area contributed by atoms with Crippen LogP contribution in [0.4, 0.5) is 19.3 Å². The highest BCUT2D eigenvalue weighted by Crippen LogP contribution is 2.29. The summed E-state index contributed by atoms with van der Waals surface area (Å²) in [6.07, 6.45) is -0.265. The molecule has 0 saturated carbocycles. The van der Waals surface area contributed by atoms with Gasteiger partial charge >= 0.3 is 6.09 Å². The second-order valence-corrected chi connectivity index (χ2v) is 5.93. The second-order valence-electron chi connectivity index (χ2n) is 5.93. The zero-order valence-electron chi connectivity index (χ0n) is 13.1. The fraction of sp³-hybridized carbons (Fsp3) is 0.500. The van der Waals surface area contributed by atoms with Crippen molar-refractivity contribution in [3.05, 3.63) is 29.8 Å². The number of nitrogens with zero attached hydrogens (tertiary/aromatic N) is 1. The molecule has 3 rings (SSSR count). The van der Waals surface area contributed by atoms with Gasteiger partial charge in [-0.25, -0.2) is 13.6 Å². The van der Waals surface area contributed by atoms with Gasteiger partial charge in [0, 0.05) is 12.2 Å². The number of halogens is 2. The van der Waals surface area contributed by atoms with E-state index in [0.717, 1.165) is 5.56 Å². The van der Waals surface area contributed by atoms with Crippen LogP contribution in [-0.4, -0.2) is 44.2 Å². The summed E-state index contributed by atoms with van der Waals surface area (Å²) in [5.41, 5.74) is 1.48. The normalized spacial score (nSPS) is 23.0. The average molecular weight is 339 g/mol. The van der Waals surface area contributed by atoms with Crippen molar-refractivity contribution in [2.24, 2.45) is 5.92 Å². The maximum absolute atomic E-state index is 13.7. The molecule has 0 aromatic heterocycles. The van der Waals surface area contributed by atoms with E-state index in [-0.39, 0.29) is 19.1 Å². The molecule has 1 unspecified atom stereocenters. The summed E-state index contributed by atoms with van der Waals surface area (Å²) in [5.74, 6) is -4.95. The number of carbonyl (C=O) groups is 2. The molecule has 8 heteroatoms. The van der Waals surface area contributed by atoms with Gasteiger partial charge in [0.2, 0.25) is 5.91 Å². The molecule has 2 aliphatic heterocycles. The van der Waals surface area contributed by atoms with Crippen LogP contribution in [0.1, 0.15) is 12.0 Å². The molecule has 1 aromatic rings. The third-order valence-electron chi connectivity index (χ3n) is 4.27. The summed E-state index contributed by atoms with van der Waals surface area (Å²) in [7, 11) is 0. The number of hydrogen-bond acceptors (Lipinski definition) is 4. The van der Waals surface area contributed by atoms with Crippen LogP contribution in [0.15, 0.2) is 24.3 Å². The van der Waals surface area contributed by atoms with E-state index in [0.29, 0.717) is 25.4 Å². The summed E-state index contributed by atoms with van der Waals surface area (Å²) in [4.78, 5) is 25.0. The van der Waals surface area contributed by atoms with Crippen LogP contribution >= 0.6 is 0 Å². The van der Waals surface area contributed by atoms with Crippen molar-refractivity contribution in [3.8, 4) is 0 Å². The first-order valence-electron chi connectivity index (χ1n) is 7.87. The maximum Gasteiger partial charge on any atom is 0.414 e. The lowest BCUT2D eigenvalue weighted by Crippen LogP contribution is -2.52. The summed E-state index contributed by atoms with van der Waals surface area (Å²) in [6, 6.07) is 6.99. The van der Waals surface area contributed by atoms with Gasteiger partial charge in [-0.15, -0.1) is 0 Å². The van der Waals surface area contributed by atoms with Crippen molar-refractivity contribution in [1.29, 1.82) is 0 Å². The SMILES string of the molecule is O=C(NCc1ccc(N2CCOC2=O)cc1)C1CCNCC1(F)F. The Kier molecular flexibility index (Phi) is 4.66. The molecule has 0 bridgehead atoms. The molecule has 2 N–H and O–H groups in total. The van der Waals surface area contributed by atoms with E-state index in [9.17, 15) is 18.4 Å². The standard InChI is InChI=1S/C16H19F2N3O3/c17-16(18)10-19-6-5-13(16)14(22)20-9-11-1-3-12(4-2-11)21-7-8-24-15(21)23/h1-4,13,19H,5-10H2,(H,20,22). The molecule has 2 heterocycles. The predicted molar refractivity (Wildman–Crippen MR) is 82.9 cm³/mol. The maximum atomic E-state index is 13.7. The molecule has 2 saturated heterocycles. The third kappa shape index (κ3) is 3.48. The molecular formula is C16H19F2N3O3. The molecule has 130 valence electrons. The fourth-order valence-electron chi connectivity index (χ4n) is 2.89. The molecule has 6 nitrogen and oxygen atoms in total. The van der Waals surface area contributed by atoms with Crippen molar-refractivity contribution in [2.45, 2.75) is 18.9 Å². The Morgan fingerprint density at radius 3 is 2.75 bits per heavy atom. The molecule has 0 radical (unpaired) electrons. The Hall–Kier alpha value is -2.22. The van der Waals surface area contributed by atoms with Crippen LogP contribution in [0.5, 0.6) is 0 Å². The summed E-state index contributed by atoms with van der Waals surface area (Å²) in [6.45, 7) is 0.977. The minimum Gasteiger partial charge on any atom is -0.447 e. The third-order valence-corrected chi connectivity index (χ3v) is 4.27. The summed E-state index contributed by atoms with van der Waals surface area (Å²) >= 11 is 0. The molecule has 2 amide bonds. The van der Waals surface area contributed by atoms with Gasteiger partial charge in [0.25, 0.3) is 5.92 Å². The van der Waals surface area contributed by atoms with E-state index in [1.165, 1.54) is 4.90 Å². The number of anilines is 1. The van der Waals surface area contributed by atoms with Crippen molar-refractivity contribution in [3.63, 3.8) is 0 Å². The minimum absolute atomic E-state index is 0.120. The van der Waals surface area contributed by atoms with E-state index in [1.807, 2.05) is 0 Å². The number of rotatable bonds is 4.